The van der Waals surface area contributed by atoms with Crippen LogP contribution < -0.4 is 10.3 Å². The van der Waals surface area contributed by atoms with Gasteiger partial charge in [0.15, 0.2) is 5.16 Å². The van der Waals surface area contributed by atoms with E-state index in [9.17, 15) is 4.79 Å². The van der Waals surface area contributed by atoms with Crippen LogP contribution in [0.15, 0.2) is 88.8 Å². The van der Waals surface area contributed by atoms with E-state index >= 15 is 0 Å². The van der Waals surface area contributed by atoms with Crippen molar-refractivity contribution in [3.05, 3.63) is 94.8 Å². The third-order valence-corrected chi connectivity index (χ3v) is 5.30. The molecule has 1 aromatic heterocycles. The summed E-state index contributed by atoms with van der Waals surface area (Å²) in [7, 11) is 1.65. The maximum atomic E-state index is 13.1. The van der Waals surface area contributed by atoms with Gasteiger partial charge >= 0.3 is 0 Å². The zero-order valence-electron chi connectivity index (χ0n) is 14.8. The first-order chi connectivity index (χ1) is 13.3. The van der Waals surface area contributed by atoms with Gasteiger partial charge in [-0.05, 0) is 42.0 Å². The summed E-state index contributed by atoms with van der Waals surface area (Å²) < 4.78 is 6.90. The monoisotopic (exact) mass is 374 g/mol. The molecule has 0 saturated carbocycles. The van der Waals surface area contributed by atoms with Crippen LogP contribution in [0, 0.1) is 0 Å². The minimum Gasteiger partial charge on any atom is -0.497 e. The summed E-state index contributed by atoms with van der Waals surface area (Å²) in [5.41, 5.74) is 2.62. The molecule has 0 aliphatic carbocycles. The fraction of sp³-hybridized carbons (Fsp3) is 0.0909. The van der Waals surface area contributed by atoms with E-state index in [0.717, 1.165) is 17.0 Å². The highest BCUT2D eigenvalue weighted by atomic mass is 32.2. The lowest BCUT2D eigenvalue weighted by atomic mass is 10.2. The molecule has 0 spiro atoms. The van der Waals surface area contributed by atoms with Crippen molar-refractivity contribution in [3.8, 4) is 11.4 Å². The smallest absolute Gasteiger partial charge is 0.266 e. The second kappa shape index (κ2) is 7.68. The van der Waals surface area contributed by atoms with Crippen LogP contribution in [0.3, 0.4) is 0 Å². The van der Waals surface area contributed by atoms with Crippen LogP contribution in [0.1, 0.15) is 5.56 Å². The van der Waals surface area contributed by atoms with Gasteiger partial charge in [-0.1, -0.05) is 54.2 Å². The van der Waals surface area contributed by atoms with E-state index in [1.165, 1.54) is 0 Å². The van der Waals surface area contributed by atoms with Gasteiger partial charge in [0.1, 0.15) is 5.75 Å². The minimum atomic E-state index is -0.0518. The number of nitrogens with zero attached hydrogens (tertiary/aromatic N) is 2. The molecule has 0 saturated heterocycles. The summed E-state index contributed by atoms with van der Waals surface area (Å²) in [6, 6.07) is 25.0. The number of aromatic nitrogens is 2. The molecule has 0 unspecified atom stereocenters. The molecule has 0 radical (unpaired) electrons. The number of fused-ring (bicyclic) bond motifs is 1. The molecule has 4 rings (SSSR count). The lowest BCUT2D eigenvalue weighted by molar-refractivity contribution is 0.414. The number of ether oxygens (including phenoxy) is 1. The van der Waals surface area contributed by atoms with Crippen LogP contribution in [-0.2, 0) is 5.75 Å². The molecule has 0 aliphatic rings. The first-order valence-corrected chi connectivity index (χ1v) is 9.58. The average molecular weight is 374 g/mol. The Kier molecular flexibility index (Phi) is 4.94. The Balaban J connectivity index is 1.77. The van der Waals surface area contributed by atoms with Crippen molar-refractivity contribution >= 4 is 22.7 Å². The predicted molar refractivity (Wildman–Crippen MR) is 110 cm³/mol. The van der Waals surface area contributed by atoms with Gasteiger partial charge in [-0.3, -0.25) is 9.36 Å². The second-order valence-corrected chi connectivity index (χ2v) is 6.97. The molecular formula is C22H18N2O2S. The zero-order valence-corrected chi connectivity index (χ0v) is 15.6. The van der Waals surface area contributed by atoms with Crippen LogP contribution in [0.5, 0.6) is 5.75 Å². The highest BCUT2D eigenvalue weighted by Gasteiger charge is 2.13. The van der Waals surface area contributed by atoms with Crippen molar-refractivity contribution in [1.82, 2.24) is 9.55 Å². The lowest BCUT2D eigenvalue weighted by Crippen LogP contribution is -2.21. The third kappa shape index (κ3) is 3.59. The van der Waals surface area contributed by atoms with Gasteiger partial charge in [-0.25, -0.2) is 4.98 Å². The van der Waals surface area contributed by atoms with E-state index in [0.29, 0.717) is 21.8 Å². The van der Waals surface area contributed by atoms with Crippen LogP contribution >= 0.6 is 11.8 Å². The Morgan fingerprint density at radius 2 is 1.63 bits per heavy atom. The summed E-state index contributed by atoms with van der Waals surface area (Å²) in [5, 5.41) is 1.30. The molecule has 0 amide bonds. The van der Waals surface area contributed by atoms with E-state index in [4.69, 9.17) is 9.72 Å². The van der Waals surface area contributed by atoms with Crippen molar-refractivity contribution < 1.29 is 4.74 Å². The zero-order chi connectivity index (χ0) is 18.6. The second-order valence-electron chi connectivity index (χ2n) is 6.02. The molecule has 5 heteroatoms. The van der Waals surface area contributed by atoms with E-state index in [1.54, 1.807) is 23.4 Å². The molecule has 4 nitrogen and oxygen atoms in total. The van der Waals surface area contributed by atoms with Crippen molar-refractivity contribution in [2.24, 2.45) is 0 Å². The highest BCUT2D eigenvalue weighted by Crippen LogP contribution is 2.25. The maximum Gasteiger partial charge on any atom is 0.266 e. The average Bonchev–Trinajstić information content (AvgIpc) is 2.73. The summed E-state index contributed by atoms with van der Waals surface area (Å²) in [6.07, 6.45) is 0. The molecule has 0 N–H and O–H groups in total. The van der Waals surface area contributed by atoms with Crippen LogP contribution in [0.25, 0.3) is 16.6 Å². The van der Waals surface area contributed by atoms with Crippen molar-refractivity contribution in [3.63, 3.8) is 0 Å². The van der Waals surface area contributed by atoms with Crippen molar-refractivity contribution in [2.45, 2.75) is 10.9 Å². The number of benzene rings is 3. The normalized spacial score (nSPS) is 10.9. The fourth-order valence-electron chi connectivity index (χ4n) is 2.88. The third-order valence-electron chi connectivity index (χ3n) is 4.29. The first kappa shape index (κ1) is 17.4. The van der Waals surface area contributed by atoms with Crippen LogP contribution in [0.2, 0.25) is 0 Å². The first-order valence-electron chi connectivity index (χ1n) is 8.59. The summed E-state index contributed by atoms with van der Waals surface area (Å²) in [4.78, 5) is 17.9. The van der Waals surface area contributed by atoms with Gasteiger partial charge in [0, 0.05) is 5.75 Å². The van der Waals surface area contributed by atoms with Crippen LogP contribution in [-0.4, -0.2) is 16.7 Å². The van der Waals surface area contributed by atoms with Gasteiger partial charge in [-0.2, -0.15) is 0 Å². The Bertz CT molecular complexity index is 1120. The predicted octanol–water partition coefficient (Wildman–Crippen LogP) is 4.69. The van der Waals surface area contributed by atoms with Gasteiger partial charge in [0.25, 0.3) is 5.56 Å². The number of hydrogen-bond donors (Lipinski definition) is 0. The Morgan fingerprint density at radius 1 is 0.926 bits per heavy atom. The molecule has 0 bridgehead atoms. The largest absolute Gasteiger partial charge is 0.497 e. The number of rotatable bonds is 5. The van der Waals surface area contributed by atoms with E-state index in [2.05, 4.69) is 0 Å². The molecular weight excluding hydrogens is 356 g/mol. The Hall–Kier alpha value is -3.05. The van der Waals surface area contributed by atoms with Gasteiger partial charge < -0.3 is 4.74 Å². The number of thioether (sulfide) groups is 1. The molecule has 0 fully saturated rings. The standard InChI is InChI=1S/C22H18N2O2S/c1-26-18-13-11-16(12-14-18)15-27-22-23-20-10-6-5-9-19(20)21(25)24(22)17-7-3-2-4-8-17/h2-14H,15H2,1H3. The molecule has 134 valence electrons. The van der Waals surface area contributed by atoms with E-state index in [1.807, 2.05) is 78.9 Å². The van der Waals surface area contributed by atoms with E-state index in [-0.39, 0.29) is 5.56 Å². The highest BCUT2D eigenvalue weighted by molar-refractivity contribution is 7.98. The van der Waals surface area contributed by atoms with E-state index < -0.39 is 0 Å². The molecule has 3 aromatic carbocycles. The minimum absolute atomic E-state index is 0.0518. The quantitative estimate of drug-likeness (QED) is 0.376. The maximum absolute atomic E-state index is 13.1. The SMILES string of the molecule is COc1ccc(CSc2nc3ccccc3c(=O)n2-c2ccccc2)cc1. The molecule has 4 aromatic rings. The topological polar surface area (TPSA) is 44.1 Å². The lowest BCUT2D eigenvalue weighted by Gasteiger charge is -2.13. The molecule has 0 atom stereocenters. The molecule has 27 heavy (non-hydrogen) atoms. The van der Waals surface area contributed by atoms with Gasteiger partial charge in [0.05, 0.1) is 23.7 Å². The number of para-hydroxylation sites is 2. The van der Waals surface area contributed by atoms with Crippen LogP contribution in [0.4, 0.5) is 0 Å². The number of methoxy groups -OCH3 is 1. The molecule has 1 heterocycles. The molecule has 0 aliphatic heterocycles. The summed E-state index contributed by atoms with van der Waals surface area (Å²) >= 11 is 1.55. The Morgan fingerprint density at radius 3 is 2.37 bits per heavy atom. The summed E-state index contributed by atoms with van der Waals surface area (Å²) in [6.45, 7) is 0. The van der Waals surface area contributed by atoms with Gasteiger partial charge in [0.2, 0.25) is 0 Å². The number of hydrogen-bond acceptors (Lipinski definition) is 4. The Labute approximate surface area is 161 Å². The fourth-order valence-corrected chi connectivity index (χ4v) is 3.85. The summed E-state index contributed by atoms with van der Waals surface area (Å²) in [5.74, 6) is 1.54. The van der Waals surface area contributed by atoms with Crippen molar-refractivity contribution in [1.29, 1.82) is 0 Å². The van der Waals surface area contributed by atoms with Gasteiger partial charge in [-0.15, -0.1) is 0 Å². The van der Waals surface area contributed by atoms with Crippen molar-refractivity contribution in [2.75, 3.05) is 7.11 Å².